The van der Waals surface area contributed by atoms with Crippen molar-refractivity contribution in [2.75, 3.05) is 39.6 Å². The predicted molar refractivity (Wildman–Crippen MR) is 391 cm³/mol. The van der Waals surface area contributed by atoms with Crippen LogP contribution in [0.4, 0.5) is 0 Å². The summed E-state index contributed by atoms with van der Waals surface area (Å²) in [4.78, 5) is 72.8. The number of aliphatic hydroxyl groups is 1. The number of rotatable bonds is 75. The van der Waals surface area contributed by atoms with Gasteiger partial charge in [-0.15, -0.1) is 0 Å². The monoisotopic (exact) mass is 1400 g/mol. The molecule has 0 bridgehead atoms. The number of carbonyl (C=O) groups excluding carboxylic acids is 4. The molecule has 96 heavy (non-hydrogen) atoms. The van der Waals surface area contributed by atoms with Crippen molar-refractivity contribution in [2.45, 2.75) is 393 Å². The third-order valence-corrected chi connectivity index (χ3v) is 19.0. The molecule has 0 aromatic heterocycles. The molecule has 3 N–H and O–H groups in total. The second-order valence-electron chi connectivity index (χ2n) is 26.7. The van der Waals surface area contributed by atoms with E-state index in [4.69, 9.17) is 37.0 Å². The van der Waals surface area contributed by atoms with Crippen LogP contribution in [0.2, 0.25) is 0 Å². The number of hydrogen-bond donors (Lipinski definition) is 3. The van der Waals surface area contributed by atoms with Crippen molar-refractivity contribution < 1.29 is 80.2 Å². The van der Waals surface area contributed by atoms with Gasteiger partial charge in [0.25, 0.3) is 0 Å². The summed E-state index contributed by atoms with van der Waals surface area (Å²) in [5.41, 5.74) is 0. The zero-order valence-corrected chi connectivity index (χ0v) is 63.4. The van der Waals surface area contributed by atoms with Gasteiger partial charge in [-0.25, -0.2) is 9.13 Å². The Hall–Kier alpha value is -2.72. The SMILES string of the molecule is CCCC/C=C\CCCCCCCC(=O)OC(COC(=O)CCCCCCCCCCCCCCCCC)COP(=O)(O)OCC(O)COP(=O)(O)OCC(COC(=O)CCCCCCC/C=C\CCCCCCCC)OC(=O)CCCCCCC/C=C\CCCCCCCC. The van der Waals surface area contributed by atoms with E-state index in [0.29, 0.717) is 25.7 Å². The van der Waals surface area contributed by atoms with E-state index in [1.165, 1.54) is 161 Å². The van der Waals surface area contributed by atoms with E-state index in [-0.39, 0.29) is 25.7 Å². The summed E-state index contributed by atoms with van der Waals surface area (Å²) in [6.45, 7) is 4.88. The number of esters is 4. The normalized spacial score (nSPS) is 14.1. The Morgan fingerprint density at radius 2 is 0.490 bits per heavy atom. The molecule has 0 aromatic carbocycles. The van der Waals surface area contributed by atoms with Crippen molar-refractivity contribution in [2.24, 2.45) is 0 Å². The molecule has 0 radical (unpaired) electrons. The highest BCUT2D eigenvalue weighted by atomic mass is 31.2. The minimum absolute atomic E-state index is 0.0896. The van der Waals surface area contributed by atoms with Gasteiger partial charge in [0.05, 0.1) is 26.4 Å². The lowest BCUT2D eigenvalue weighted by Crippen LogP contribution is -2.30. The van der Waals surface area contributed by atoms with Gasteiger partial charge in [-0.05, 0) is 96.3 Å². The van der Waals surface area contributed by atoms with Crippen LogP contribution in [0.25, 0.3) is 0 Å². The van der Waals surface area contributed by atoms with Crippen molar-refractivity contribution >= 4 is 39.5 Å². The maximum Gasteiger partial charge on any atom is 0.472 e. The summed E-state index contributed by atoms with van der Waals surface area (Å²) in [7, 11) is -9.93. The maximum absolute atomic E-state index is 13.1. The number of unbranched alkanes of at least 4 members (excludes halogenated alkanes) is 43. The highest BCUT2D eigenvalue weighted by Crippen LogP contribution is 2.45. The number of phosphoric ester groups is 2. The first-order chi connectivity index (χ1) is 46.7. The van der Waals surface area contributed by atoms with Gasteiger partial charge in [0.1, 0.15) is 19.3 Å². The fourth-order valence-corrected chi connectivity index (χ4v) is 12.6. The number of allylic oxidation sites excluding steroid dienone is 6. The molecule has 564 valence electrons. The van der Waals surface area contributed by atoms with E-state index in [1.807, 2.05) is 0 Å². The van der Waals surface area contributed by atoms with Gasteiger partial charge in [0.2, 0.25) is 0 Å². The van der Waals surface area contributed by atoms with Crippen molar-refractivity contribution in [3.8, 4) is 0 Å². The van der Waals surface area contributed by atoms with E-state index >= 15 is 0 Å². The van der Waals surface area contributed by atoms with Crippen molar-refractivity contribution in [1.29, 1.82) is 0 Å². The van der Waals surface area contributed by atoms with Crippen LogP contribution in [0.3, 0.4) is 0 Å². The summed E-state index contributed by atoms with van der Waals surface area (Å²) < 4.78 is 68.5. The van der Waals surface area contributed by atoms with Crippen LogP contribution in [-0.4, -0.2) is 96.7 Å². The summed E-state index contributed by atoms with van der Waals surface area (Å²) in [6.07, 6.45) is 65.6. The molecule has 17 nitrogen and oxygen atoms in total. The standard InChI is InChI=1S/C77H144O17P2/c1-5-9-13-17-21-25-29-32-35-38-42-45-49-53-57-61-74(79)87-67-72(93-76(81)63-59-55-51-47-41-28-24-20-16-12-8-4)69-91-95(83,84)89-65-71(78)66-90-96(85,86)92-70-73(94-77(82)64-60-56-52-48-44-40-37-34-31-27-23-19-15-11-7-3)68-88-75(80)62-58-54-50-46-43-39-36-33-30-26-22-18-14-10-6-2/h20,24,33-34,36-37,71-73,78H,5-19,21-23,25-32,35,38-70H2,1-4H3,(H,83,84)(H,85,86)/b24-20-,36-33-,37-34-. The van der Waals surface area contributed by atoms with Gasteiger partial charge in [-0.2, -0.15) is 0 Å². The zero-order chi connectivity index (χ0) is 70.4. The summed E-state index contributed by atoms with van der Waals surface area (Å²) >= 11 is 0. The fourth-order valence-electron chi connectivity index (χ4n) is 11.0. The van der Waals surface area contributed by atoms with Gasteiger partial charge >= 0.3 is 39.5 Å². The molecule has 0 aromatic rings. The lowest BCUT2D eigenvalue weighted by atomic mass is 10.0. The highest BCUT2D eigenvalue weighted by molar-refractivity contribution is 7.47. The third-order valence-electron chi connectivity index (χ3n) is 17.1. The summed E-state index contributed by atoms with van der Waals surface area (Å²) in [5, 5.41) is 10.6. The maximum atomic E-state index is 13.1. The Morgan fingerprint density at radius 3 is 0.750 bits per heavy atom. The number of ether oxygens (including phenoxy) is 4. The largest absolute Gasteiger partial charge is 0.472 e. The highest BCUT2D eigenvalue weighted by Gasteiger charge is 2.30. The van der Waals surface area contributed by atoms with E-state index in [9.17, 15) is 43.2 Å². The minimum atomic E-state index is -4.97. The molecular formula is C77H144O17P2. The Bertz CT molecular complexity index is 1970. The molecule has 5 unspecified atom stereocenters. The molecule has 0 spiro atoms. The molecule has 0 saturated carbocycles. The molecule has 0 amide bonds. The van der Waals surface area contributed by atoms with Crippen LogP contribution < -0.4 is 0 Å². The molecule has 0 aliphatic heterocycles. The van der Waals surface area contributed by atoms with E-state index in [2.05, 4.69) is 64.2 Å². The smallest absolute Gasteiger partial charge is 0.462 e. The number of phosphoric acid groups is 2. The second kappa shape index (κ2) is 70.7. The first-order valence-electron chi connectivity index (χ1n) is 39.2. The van der Waals surface area contributed by atoms with Crippen LogP contribution in [0.5, 0.6) is 0 Å². The first kappa shape index (κ1) is 93.3. The third kappa shape index (κ3) is 69.7. The van der Waals surface area contributed by atoms with Crippen LogP contribution >= 0.6 is 15.6 Å². The number of hydrogen-bond acceptors (Lipinski definition) is 15. The zero-order valence-electron chi connectivity index (χ0n) is 61.6. The lowest BCUT2D eigenvalue weighted by molar-refractivity contribution is -0.161. The van der Waals surface area contributed by atoms with Gasteiger partial charge < -0.3 is 33.8 Å². The Morgan fingerprint density at radius 1 is 0.281 bits per heavy atom. The molecule has 0 saturated heterocycles. The Labute approximate surface area is 585 Å². The Kier molecular flexibility index (Phi) is 68.7. The van der Waals surface area contributed by atoms with Crippen LogP contribution in [-0.2, 0) is 65.4 Å². The number of carbonyl (C=O) groups is 4. The molecule has 0 heterocycles. The molecule has 0 rings (SSSR count). The van der Waals surface area contributed by atoms with Gasteiger partial charge in [-0.1, -0.05) is 289 Å². The number of aliphatic hydroxyl groups excluding tert-OH is 1. The first-order valence-corrected chi connectivity index (χ1v) is 42.2. The summed E-state index contributed by atoms with van der Waals surface area (Å²) in [5.74, 6) is -2.16. The van der Waals surface area contributed by atoms with Crippen LogP contribution in [0.1, 0.15) is 374 Å². The van der Waals surface area contributed by atoms with Crippen LogP contribution in [0, 0.1) is 0 Å². The van der Waals surface area contributed by atoms with Crippen molar-refractivity contribution in [3.63, 3.8) is 0 Å². The van der Waals surface area contributed by atoms with Gasteiger partial charge in [-0.3, -0.25) is 37.3 Å². The average Bonchev–Trinajstić information content (AvgIpc) is 1.98. The minimum Gasteiger partial charge on any atom is -0.462 e. The molecule has 5 atom stereocenters. The molecular weight excluding hydrogens is 1260 g/mol. The summed E-state index contributed by atoms with van der Waals surface area (Å²) in [6, 6.07) is 0. The molecule has 0 fully saturated rings. The molecule has 19 heteroatoms. The quantitative estimate of drug-likeness (QED) is 0.0169. The molecule has 0 aliphatic carbocycles. The second-order valence-corrected chi connectivity index (χ2v) is 29.6. The fraction of sp³-hybridized carbons (Fsp3) is 0.870. The van der Waals surface area contributed by atoms with E-state index < -0.39 is 97.5 Å². The van der Waals surface area contributed by atoms with E-state index in [1.54, 1.807) is 0 Å². The Balaban J connectivity index is 5.29. The predicted octanol–water partition coefficient (Wildman–Crippen LogP) is 22.3. The van der Waals surface area contributed by atoms with Crippen molar-refractivity contribution in [3.05, 3.63) is 36.5 Å². The topological polar surface area (TPSA) is 237 Å². The average molecular weight is 1400 g/mol. The lowest BCUT2D eigenvalue weighted by Gasteiger charge is -2.21. The van der Waals surface area contributed by atoms with Crippen molar-refractivity contribution in [1.82, 2.24) is 0 Å². The van der Waals surface area contributed by atoms with Crippen LogP contribution in [0.15, 0.2) is 36.5 Å². The van der Waals surface area contributed by atoms with E-state index in [0.717, 1.165) is 135 Å². The molecule has 0 aliphatic rings. The van der Waals surface area contributed by atoms with Gasteiger partial charge in [0, 0.05) is 25.7 Å². The van der Waals surface area contributed by atoms with Gasteiger partial charge in [0.15, 0.2) is 12.2 Å².